The summed E-state index contributed by atoms with van der Waals surface area (Å²) >= 11 is 0. The highest BCUT2D eigenvalue weighted by molar-refractivity contribution is 5.71. The van der Waals surface area contributed by atoms with Gasteiger partial charge in [0.05, 0.1) is 0 Å². The highest BCUT2D eigenvalue weighted by Crippen LogP contribution is 2.60. The Kier molecular flexibility index (Phi) is 4.69. The van der Waals surface area contributed by atoms with Crippen LogP contribution < -0.4 is 9.47 Å². The summed E-state index contributed by atoms with van der Waals surface area (Å²) in [5.74, 6) is 3.92. The van der Waals surface area contributed by atoms with Gasteiger partial charge in [-0.2, -0.15) is 0 Å². The van der Waals surface area contributed by atoms with Crippen molar-refractivity contribution >= 4 is 0 Å². The van der Waals surface area contributed by atoms with Crippen molar-refractivity contribution in [3.05, 3.63) is 126 Å². The molecule has 0 saturated heterocycles. The smallest absolute Gasteiger partial charge is 0.174 e. The van der Waals surface area contributed by atoms with E-state index in [9.17, 15) is 0 Å². The Bertz CT molecular complexity index is 1530. The summed E-state index contributed by atoms with van der Waals surface area (Å²) in [5, 5.41) is 0. The number of pyridine rings is 1. The minimum atomic E-state index is 0.0481. The van der Waals surface area contributed by atoms with Crippen LogP contribution in [0.4, 0.5) is 0 Å². The van der Waals surface area contributed by atoms with Crippen molar-refractivity contribution in [2.24, 2.45) is 5.92 Å². The molecule has 3 aliphatic rings. The van der Waals surface area contributed by atoms with E-state index < -0.39 is 0 Å². The number of ether oxygens (including phenoxy) is 2. The second-order valence-corrected chi connectivity index (χ2v) is 10.5. The molecule has 36 heavy (non-hydrogen) atoms. The van der Waals surface area contributed by atoms with Crippen molar-refractivity contribution in [2.45, 2.75) is 31.6 Å². The summed E-state index contributed by atoms with van der Waals surface area (Å²) in [6.45, 7) is 4.66. The van der Waals surface area contributed by atoms with Crippen molar-refractivity contribution in [1.82, 2.24) is 4.98 Å². The zero-order valence-electron chi connectivity index (χ0n) is 20.4. The van der Waals surface area contributed by atoms with Gasteiger partial charge >= 0.3 is 0 Å². The lowest BCUT2D eigenvalue weighted by molar-refractivity contribution is 0.354. The molecule has 0 fully saturated rings. The van der Waals surface area contributed by atoms with E-state index in [1.807, 2.05) is 24.4 Å². The Labute approximate surface area is 211 Å². The van der Waals surface area contributed by atoms with Crippen LogP contribution in [0.15, 0.2) is 103 Å². The second kappa shape index (κ2) is 7.96. The van der Waals surface area contributed by atoms with Gasteiger partial charge in [-0.25, -0.2) is 0 Å². The van der Waals surface area contributed by atoms with Gasteiger partial charge in [0.15, 0.2) is 23.0 Å². The maximum absolute atomic E-state index is 6.55. The molecular weight excluding hydrogens is 442 g/mol. The minimum absolute atomic E-state index is 0.0481. The van der Waals surface area contributed by atoms with E-state index in [1.54, 1.807) is 0 Å². The molecule has 2 aliphatic carbocycles. The third-order valence-electron chi connectivity index (χ3n) is 7.93. The molecular formula is C33H27NO2. The average molecular weight is 470 g/mol. The van der Waals surface area contributed by atoms with Gasteiger partial charge < -0.3 is 9.47 Å². The van der Waals surface area contributed by atoms with E-state index in [4.69, 9.17) is 9.47 Å². The first-order valence-electron chi connectivity index (χ1n) is 12.6. The summed E-state index contributed by atoms with van der Waals surface area (Å²) in [7, 11) is 0. The van der Waals surface area contributed by atoms with Crippen LogP contribution in [0.5, 0.6) is 23.0 Å². The summed E-state index contributed by atoms with van der Waals surface area (Å²) in [6.07, 6.45) is 11.6. The van der Waals surface area contributed by atoms with E-state index >= 15 is 0 Å². The molecule has 0 radical (unpaired) electrons. The van der Waals surface area contributed by atoms with E-state index in [1.165, 1.54) is 16.7 Å². The zero-order valence-corrected chi connectivity index (χ0v) is 20.4. The van der Waals surface area contributed by atoms with Crippen LogP contribution in [0.2, 0.25) is 0 Å². The number of nitrogens with zero attached hydrogens (tertiary/aromatic N) is 1. The van der Waals surface area contributed by atoms with Crippen LogP contribution in [-0.2, 0) is 11.8 Å². The predicted molar refractivity (Wildman–Crippen MR) is 143 cm³/mol. The Morgan fingerprint density at radius 2 is 1.58 bits per heavy atom. The standard InChI is InChI=1S/C33H27NO2/c1-33(2)26-9-4-3-8-25(26)31-27(33)15-17-29-32(31)36-28-16-14-23(20-30(28)35-29)22-12-10-21(11-13-22)19-24-7-5-6-18-34-24/h3-18,20,25-26H,19H2,1-2H3. The monoisotopic (exact) mass is 469 g/mol. The molecule has 0 saturated carbocycles. The third kappa shape index (κ3) is 3.30. The van der Waals surface area contributed by atoms with Crippen LogP contribution in [-0.4, -0.2) is 4.98 Å². The lowest BCUT2D eigenvalue weighted by Crippen LogP contribution is -2.24. The number of benzene rings is 3. The molecule has 3 aromatic carbocycles. The van der Waals surface area contributed by atoms with Gasteiger partial charge in [-0.15, -0.1) is 0 Å². The fourth-order valence-electron chi connectivity index (χ4n) is 6.02. The van der Waals surface area contributed by atoms with E-state index in [-0.39, 0.29) is 5.41 Å². The molecule has 3 heteroatoms. The molecule has 1 aliphatic heterocycles. The van der Waals surface area contributed by atoms with Gasteiger partial charge in [0.25, 0.3) is 0 Å². The SMILES string of the molecule is CC1(C)c2ccc3c(c2C2C=CC=CC21)Oc1ccc(-c2ccc(Cc4ccccn4)cc2)cc1O3. The quantitative estimate of drug-likeness (QED) is 0.266. The van der Waals surface area contributed by atoms with Crippen molar-refractivity contribution in [3.8, 4) is 34.1 Å². The highest BCUT2D eigenvalue weighted by atomic mass is 16.6. The maximum atomic E-state index is 6.55. The lowest BCUT2D eigenvalue weighted by Gasteiger charge is -2.29. The van der Waals surface area contributed by atoms with Gasteiger partial charge in [-0.1, -0.05) is 80.6 Å². The molecule has 0 amide bonds. The van der Waals surface area contributed by atoms with Crippen molar-refractivity contribution < 1.29 is 9.47 Å². The normalized spacial score (nSPS) is 19.9. The number of aromatic nitrogens is 1. The fourth-order valence-corrected chi connectivity index (χ4v) is 6.02. The Morgan fingerprint density at radius 1 is 0.778 bits per heavy atom. The van der Waals surface area contributed by atoms with E-state index in [0.29, 0.717) is 11.8 Å². The summed E-state index contributed by atoms with van der Waals surface area (Å²) in [5.41, 5.74) is 7.23. The van der Waals surface area contributed by atoms with Crippen LogP contribution >= 0.6 is 0 Å². The zero-order chi connectivity index (χ0) is 24.3. The Balaban J connectivity index is 1.18. The van der Waals surface area contributed by atoms with Crippen molar-refractivity contribution in [1.29, 1.82) is 0 Å². The van der Waals surface area contributed by atoms with E-state index in [2.05, 4.69) is 97.7 Å². The van der Waals surface area contributed by atoms with Crippen LogP contribution in [0.25, 0.3) is 11.1 Å². The van der Waals surface area contributed by atoms with Crippen LogP contribution in [0.3, 0.4) is 0 Å². The first kappa shape index (κ1) is 21.2. The molecule has 7 rings (SSSR count). The summed E-state index contributed by atoms with van der Waals surface area (Å²) < 4.78 is 13.0. The van der Waals surface area contributed by atoms with E-state index in [0.717, 1.165) is 46.2 Å². The Morgan fingerprint density at radius 3 is 2.42 bits per heavy atom. The molecule has 0 bridgehead atoms. The van der Waals surface area contributed by atoms with Gasteiger partial charge in [0.2, 0.25) is 0 Å². The summed E-state index contributed by atoms with van der Waals surface area (Å²) in [4.78, 5) is 4.44. The topological polar surface area (TPSA) is 31.4 Å². The first-order valence-corrected chi connectivity index (χ1v) is 12.6. The van der Waals surface area contributed by atoms with Gasteiger partial charge in [0.1, 0.15) is 0 Å². The molecule has 2 atom stereocenters. The van der Waals surface area contributed by atoms with Crippen LogP contribution in [0.1, 0.15) is 42.1 Å². The summed E-state index contributed by atoms with van der Waals surface area (Å²) in [6, 6.07) is 25.2. The highest BCUT2D eigenvalue weighted by Gasteiger charge is 2.47. The molecule has 1 aromatic heterocycles. The molecule has 176 valence electrons. The minimum Gasteiger partial charge on any atom is -0.449 e. The predicted octanol–water partition coefficient (Wildman–Crippen LogP) is 8.35. The third-order valence-corrected chi connectivity index (χ3v) is 7.93. The first-order chi connectivity index (χ1) is 17.6. The number of rotatable bonds is 3. The van der Waals surface area contributed by atoms with Crippen LogP contribution in [0, 0.1) is 5.92 Å². The molecule has 0 N–H and O–H groups in total. The number of hydrogen-bond acceptors (Lipinski definition) is 3. The molecule has 4 aromatic rings. The van der Waals surface area contributed by atoms with Crippen molar-refractivity contribution in [2.75, 3.05) is 0 Å². The van der Waals surface area contributed by atoms with Gasteiger partial charge in [-0.3, -0.25) is 4.98 Å². The Hall–Kier alpha value is -4.11. The lowest BCUT2D eigenvalue weighted by atomic mass is 9.74. The largest absolute Gasteiger partial charge is 0.449 e. The van der Waals surface area contributed by atoms with Gasteiger partial charge in [-0.05, 0) is 63.9 Å². The number of fused-ring (bicyclic) bond motifs is 6. The number of allylic oxidation sites excluding steroid dienone is 4. The molecule has 3 nitrogen and oxygen atoms in total. The average Bonchev–Trinajstić information content (AvgIpc) is 3.15. The molecule has 0 spiro atoms. The van der Waals surface area contributed by atoms with Gasteiger partial charge in [0, 0.05) is 29.8 Å². The van der Waals surface area contributed by atoms with Crippen molar-refractivity contribution in [3.63, 3.8) is 0 Å². The second-order valence-electron chi connectivity index (χ2n) is 10.5. The maximum Gasteiger partial charge on any atom is 0.174 e. The number of hydrogen-bond donors (Lipinski definition) is 0. The fraction of sp³-hybridized carbons (Fsp3) is 0.182. The molecule has 2 unspecified atom stereocenters. The molecule has 2 heterocycles.